The number of halogens is 3. The molecule has 0 heterocycles. The van der Waals surface area contributed by atoms with Gasteiger partial charge >= 0.3 is 37.8 Å². The SMILES string of the molecule is C=C[CH2][Ti+3].[Al].[Cl-].[Cl-].[Cl-]. The molecular weight excluding hydrogens is 217 g/mol. The van der Waals surface area contributed by atoms with Crippen LogP contribution in [0.3, 0.4) is 0 Å². The largest absolute Gasteiger partial charge is 1.00 e. The monoisotopic (exact) mass is 221 g/mol. The van der Waals surface area contributed by atoms with Gasteiger partial charge in [0.25, 0.3) is 0 Å². The first-order valence-corrected chi connectivity index (χ1v) is 2.27. The van der Waals surface area contributed by atoms with E-state index in [4.69, 9.17) is 0 Å². The van der Waals surface area contributed by atoms with Crippen LogP contribution in [0.5, 0.6) is 0 Å². The maximum absolute atomic E-state index is 3.48. The average Bonchev–Trinajstić information content (AvgIpc) is 1.37. The third-order valence-electron chi connectivity index (χ3n) is 0.144. The molecule has 0 N–H and O–H groups in total. The summed E-state index contributed by atoms with van der Waals surface area (Å²) < 4.78 is 1.08. The molecule has 0 amide bonds. The van der Waals surface area contributed by atoms with Crippen molar-refractivity contribution in [3.05, 3.63) is 12.7 Å². The van der Waals surface area contributed by atoms with E-state index in [9.17, 15) is 0 Å². The van der Waals surface area contributed by atoms with Crippen LogP contribution in [0.2, 0.25) is 4.73 Å². The van der Waals surface area contributed by atoms with Crippen LogP contribution in [-0.4, -0.2) is 17.4 Å². The van der Waals surface area contributed by atoms with Gasteiger partial charge in [-0.15, -0.1) is 0 Å². The van der Waals surface area contributed by atoms with Crippen LogP contribution in [0.15, 0.2) is 12.7 Å². The summed E-state index contributed by atoms with van der Waals surface area (Å²) in [6.07, 6.45) is 1.88. The van der Waals surface area contributed by atoms with Crippen LogP contribution in [0.4, 0.5) is 0 Å². The van der Waals surface area contributed by atoms with E-state index >= 15 is 0 Å². The van der Waals surface area contributed by atoms with Gasteiger partial charge in [-0.2, -0.15) is 0 Å². The van der Waals surface area contributed by atoms with Gasteiger partial charge in [0.1, 0.15) is 0 Å². The van der Waals surface area contributed by atoms with Crippen LogP contribution < -0.4 is 37.2 Å². The molecular formula is C3H5AlCl3Ti. The van der Waals surface area contributed by atoms with E-state index in [1.54, 1.807) is 0 Å². The normalized spacial score (nSPS) is 3.25. The Labute approximate surface area is 91.6 Å². The fourth-order valence-corrected chi connectivity index (χ4v) is 0. The first-order chi connectivity index (χ1) is 1.91. The van der Waals surface area contributed by atoms with E-state index < -0.39 is 0 Å². The summed E-state index contributed by atoms with van der Waals surface area (Å²) in [6, 6.07) is 0. The first kappa shape index (κ1) is 32.8. The van der Waals surface area contributed by atoms with E-state index in [0.717, 1.165) is 4.73 Å². The summed E-state index contributed by atoms with van der Waals surface area (Å²) in [4.78, 5) is 0. The molecule has 0 aliphatic carbocycles. The Morgan fingerprint density at radius 2 is 1.38 bits per heavy atom. The van der Waals surface area contributed by atoms with E-state index in [2.05, 4.69) is 27.0 Å². The second-order valence-electron chi connectivity index (χ2n) is 0.493. The second kappa shape index (κ2) is 36.8. The van der Waals surface area contributed by atoms with Crippen molar-refractivity contribution in [3.63, 3.8) is 0 Å². The molecule has 0 saturated heterocycles. The Balaban J connectivity index is -0.00000000750. The van der Waals surface area contributed by atoms with E-state index in [-0.39, 0.29) is 54.6 Å². The van der Waals surface area contributed by atoms with Gasteiger partial charge in [0.2, 0.25) is 0 Å². The zero-order valence-electron chi connectivity index (χ0n) is 4.20. The summed E-state index contributed by atoms with van der Waals surface area (Å²) in [5, 5.41) is 0. The van der Waals surface area contributed by atoms with E-state index in [0.29, 0.717) is 0 Å². The van der Waals surface area contributed by atoms with Crippen molar-refractivity contribution in [1.29, 1.82) is 0 Å². The summed E-state index contributed by atoms with van der Waals surface area (Å²) in [7, 11) is 0. The van der Waals surface area contributed by atoms with Crippen molar-refractivity contribution in [2.45, 2.75) is 4.73 Å². The molecule has 3 radical (unpaired) electrons. The zero-order valence-corrected chi connectivity index (χ0v) is 9.19. The Morgan fingerprint density at radius 3 is 1.38 bits per heavy atom. The predicted molar refractivity (Wildman–Crippen MR) is 20.8 cm³/mol. The molecule has 0 saturated carbocycles. The van der Waals surface area contributed by atoms with Gasteiger partial charge in [-0.25, -0.2) is 0 Å². The molecule has 0 rings (SSSR count). The van der Waals surface area contributed by atoms with E-state index in [1.807, 2.05) is 6.08 Å². The molecule has 5 heteroatoms. The first-order valence-electron chi connectivity index (χ1n) is 1.17. The van der Waals surface area contributed by atoms with Crippen LogP contribution in [-0.2, 0) is 20.4 Å². The molecule has 0 aromatic heterocycles. The van der Waals surface area contributed by atoms with Crippen LogP contribution in [0.1, 0.15) is 0 Å². The third-order valence-corrected chi connectivity index (χ3v) is 0.595. The van der Waals surface area contributed by atoms with Gasteiger partial charge < -0.3 is 37.2 Å². The minimum absolute atomic E-state index is 0. The number of hydrogen-bond donors (Lipinski definition) is 0. The minimum Gasteiger partial charge on any atom is -1.00 e. The van der Waals surface area contributed by atoms with Gasteiger partial charge in [-0.1, -0.05) is 0 Å². The molecule has 0 aliphatic rings. The molecule has 0 aromatic carbocycles. The Bertz CT molecular complexity index is 28.5. The molecule has 0 atom stereocenters. The fourth-order valence-electron chi connectivity index (χ4n) is 0. The number of hydrogen-bond acceptors (Lipinski definition) is 0. The molecule has 0 aliphatic heterocycles. The molecule has 8 heavy (non-hydrogen) atoms. The molecule has 0 nitrogen and oxygen atoms in total. The molecule has 0 aromatic rings. The Morgan fingerprint density at radius 1 is 1.25 bits per heavy atom. The van der Waals surface area contributed by atoms with Gasteiger partial charge in [0, 0.05) is 17.4 Å². The number of rotatable bonds is 1. The van der Waals surface area contributed by atoms with Crippen LogP contribution in [0.25, 0.3) is 0 Å². The van der Waals surface area contributed by atoms with Gasteiger partial charge in [0.15, 0.2) is 0 Å². The summed E-state index contributed by atoms with van der Waals surface area (Å²) >= 11 is 2.06. The van der Waals surface area contributed by atoms with Gasteiger partial charge in [-0.3, -0.25) is 0 Å². The summed E-state index contributed by atoms with van der Waals surface area (Å²) in [6.45, 7) is 3.48. The molecule has 0 spiro atoms. The maximum Gasteiger partial charge on any atom is 0 e. The fraction of sp³-hybridized carbons (Fsp3) is 0.333. The number of allylic oxidation sites excluding steroid dienone is 1. The van der Waals surface area contributed by atoms with Crippen molar-refractivity contribution in [3.8, 4) is 0 Å². The van der Waals surface area contributed by atoms with Crippen LogP contribution >= 0.6 is 0 Å². The van der Waals surface area contributed by atoms with Crippen molar-refractivity contribution >= 4 is 17.4 Å². The molecule has 0 bridgehead atoms. The van der Waals surface area contributed by atoms with Gasteiger partial charge in [-0.05, 0) is 0 Å². The summed E-state index contributed by atoms with van der Waals surface area (Å²) in [5.74, 6) is 0. The third kappa shape index (κ3) is 45.3. The predicted octanol–water partition coefficient (Wildman–Crippen LogP) is -8.23. The second-order valence-corrected chi connectivity index (χ2v) is 1.13. The quantitative estimate of drug-likeness (QED) is 0.305. The smallest absolute Gasteiger partial charge is 0 e. The van der Waals surface area contributed by atoms with Crippen molar-refractivity contribution in [2.75, 3.05) is 0 Å². The topological polar surface area (TPSA) is 0 Å². The molecule has 45 valence electrons. The zero-order chi connectivity index (χ0) is 3.41. The standard InChI is InChI=1S/C3H5.Al.3ClH.Ti/c1-3-2;;;;;/h3H,1-2H2;;3*1H;/q;;;;;+3/p-3. The van der Waals surface area contributed by atoms with Crippen molar-refractivity contribution < 1.29 is 57.7 Å². The summed E-state index contributed by atoms with van der Waals surface area (Å²) in [5.41, 5.74) is 0. The van der Waals surface area contributed by atoms with Crippen LogP contribution in [0, 0.1) is 0 Å². The maximum atomic E-state index is 3.48. The van der Waals surface area contributed by atoms with E-state index in [1.165, 1.54) is 0 Å². The van der Waals surface area contributed by atoms with Gasteiger partial charge in [0.05, 0.1) is 0 Å². The van der Waals surface area contributed by atoms with Crippen molar-refractivity contribution in [2.24, 2.45) is 0 Å². The molecule has 0 unspecified atom stereocenters. The minimum atomic E-state index is 0. The average molecular weight is 222 g/mol. The Hall–Kier alpha value is 1.86. The molecule has 0 fully saturated rings. The van der Waals surface area contributed by atoms with Crippen molar-refractivity contribution in [1.82, 2.24) is 0 Å². The Kier molecular flexibility index (Phi) is 151.